The highest BCUT2D eigenvalue weighted by atomic mass is 35.5. The van der Waals surface area contributed by atoms with E-state index in [1.807, 2.05) is 32.0 Å². The molecule has 0 fully saturated rings. The predicted molar refractivity (Wildman–Crippen MR) is 67.4 cm³/mol. The van der Waals surface area contributed by atoms with Gasteiger partial charge in [0.05, 0.1) is 7.11 Å². The SMILES string of the molecule is COc1nc(Cl)nc(Oc2cccc(C)c2C)n1. The third kappa shape index (κ3) is 2.68. The monoisotopic (exact) mass is 265 g/mol. The molecule has 5 nitrogen and oxygen atoms in total. The number of rotatable bonds is 3. The number of methoxy groups -OCH3 is 1. The second kappa shape index (κ2) is 5.18. The first-order chi connectivity index (χ1) is 8.60. The molecule has 0 atom stereocenters. The standard InChI is InChI=1S/C12H12ClN3O2/c1-7-5-4-6-9(8(7)2)18-12-15-10(13)14-11(16-12)17-3/h4-6H,1-3H3. The van der Waals surface area contributed by atoms with Gasteiger partial charge in [0, 0.05) is 0 Å². The summed E-state index contributed by atoms with van der Waals surface area (Å²) in [4.78, 5) is 11.6. The van der Waals surface area contributed by atoms with Gasteiger partial charge < -0.3 is 9.47 Å². The van der Waals surface area contributed by atoms with Crippen LogP contribution < -0.4 is 9.47 Å². The van der Waals surface area contributed by atoms with Crippen molar-refractivity contribution < 1.29 is 9.47 Å². The summed E-state index contributed by atoms with van der Waals surface area (Å²) in [6.45, 7) is 3.97. The zero-order valence-electron chi connectivity index (χ0n) is 10.3. The maximum absolute atomic E-state index is 5.74. The minimum atomic E-state index is 0.0298. The van der Waals surface area contributed by atoms with Crippen molar-refractivity contribution in [3.8, 4) is 17.8 Å². The fraction of sp³-hybridized carbons (Fsp3) is 0.250. The van der Waals surface area contributed by atoms with Gasteiger partial charge in [0.1, 0.15) is 5.75 Å². The highest BCUT2D eigenvalue weighted by Crippen LogP contribution is 2.25. The second-order valence-corrected chi connectivity index (χ2v) is 4.01. The first kappa shape index (κ1) is 12.6. The third-order valence-corrected chi connectivity index (χ3v) is 2.67. The van der Waals surface area contributed by atoms with Gasteiger partial charge in [0.2, 0.25) is 5.28 Å². The van der Waals surface area contributed by atoms with E-state index in [2.05, 4.69) is 15.0 Å². The summed E-state index contributed by atoms with van der Waals surface area (Å²) in [7, 11) is 1.45. The maximum Gasteiger partial charge on any atom is 0.329 e. The molecule has 0 amide bonds. The first-order valence-electron chi connectivity index (χ1n) is 5.30. The quantitative estimate of drug-likeness (QED) is 0.854. The number of nitrogens with zero attached hydrogens (tertiary/aromatic N) is 3. The van der Waals surface area contributed by atoms with Gasteiger partial charge in [-0.15, -0.1) is 4.98 Å². The van der Waals surface area contributed by atoms with Crippen LogP contribution in [0.4, 0.5) is 0 Å². The van der Waals surface area contributed by atoms with Crippen LogP contribution >= 0.6 is 11.6 Å². The summed E-state index contributed by atoms with van der Waals surface area (Å²) in [5.41, 5.74) is 2.15. The van der Waals surface area contributed by atoms with E-state index in [4.69, 9.17) is 21.1 Å². The lowest BCUT2D eigenvalue weighted by Gasteiger charge is -2.09. The van der Waals surface area contributed by atoms with E-state index < -0.39 is 0 Å². The molecule has 0 radical (unpaired) electrons. The van der Waals surface area contributed by atoms with Crippen molar-refractivity contribution in [2.75, 3.05) is 7.11 Å². The van der Waals surface area contributed by atoms with Crippen molar-refractivity contribution in [2.24, 2.45) is 0 Å². The second-order valence-electron chi connectivity index (χ2n) is 3.67. The number of hydrogen-bond acceptors (Lipinski definition) is 5. The van der Waals surface area contributed by atoms with Crippen molar-refractivity contribution in [2.45, 2.75) is 13.8 Å². The molecule has 0 aliphatic carbocycles. The number of halogens is 1. The fourth-order valence-corrected chi connectivity index (χ4v) is 1.53. The summed E-state index contributed by atoms with van der Waals surface area (Å²) in [6, 6.07) is 5.98. The number of aryl methyl sites for hydroxylation is 1. The highest BCUT2D eigenvalue weighted by molar-refractivity contribution is 6.28. The van der Waals surface area contributed by atoms with Crippen LogP contribution in [0.3, 0.4) is 0 Å². The smallest absolute Gasteiger partial charge is 0.329 e. The van der Waals surface area contributed by atoms with Gasteiger partial charge in [-0.25, -0.2) is 0 Å². The molecule has 0 aliphatic rings. The Kier molecular flexibility index (Phi) is 3.62. The Bertz CT molecular complexity index is 575. The van der Waals surface area contributed by atoms with Crippen molar-refractivity contribution >= 4 is 11.6 Å². The van der Waals surface area contributed by atoms with Crippen LogP contribution in [0, 0.1) is 13.8 Å². The molecule has 0 spiro atoms. The zero-order chi connectivity index (χ0) is 13.1. The third-order valence-electron chi connectivity index (χ3n) is 2.51. The maximum atomic E-state index is 5.74. The van der Waals surface area contributed by atoms with E-state index in [0.717, 1.165) is 11.1 Å². The summed E-state index contributed by atoms with van der Waals surface area (Å²) in [6.07, 6.45) is 0. The molecule has 2 aromatic rings. The summed E-state index contributed by atoms with van der Waals surface area (Å²) >= 11 is 5.74. The number of ether oxygens (including phenoxy) is 2. The molecule has 2 rings (SSSR count). The number of benzene rings is 1. The van der Waals surface area contributed by atoms with Crippen molar-refractivity contribution in [3.63, 3.8) is 0 Å². The van der Waals surface area contributed by atoms with Crippen molar-refractivity contribution in [1.82, 2.24) is 15.0 Å². The average molecular weight is 266 g/mol. The first-order valence-corrected chi connectivity index (χ1v) is 5.67. The van der Waals surface area contributed by atoms with Gasteiger partial charge in [-0.1, -0.05) is 12.1 Å². The van der Waals surface area contributed by atoms with Crippen LogP contribution in [0.1, 0.15) is 11.1 Å². The van der Waals surface area contributed by atoms with Gasteiger partial charge in [0.25, 0.3) is 0 Å². The van der Waals surface area contributed by atoms with E-state index in [0.29, 0.717) is 5.75 Å². The lowest BCUT2D eigenvalue weighted by Crippen LogP contribution is -1.99. The molecule has 1 aromatic carbocycles. The Balaban J connectivity index is 2.34. The topological polar surface area (TPSA) is 57.1 Å². The molecule has 0 bridgehead atoms. The molecular weight excluding hydrogens is 254 g/mol. The normalized spacial score (nSPS) is 10.2. The molecule has 94 valence electrons. The summed E-state index contributed by atoms with van der Waals surface area (Å²) in [5, 5.41) is 0.0298. The van der Waals surface area contributed by atoms with Crippen LogP contribution in [0.15, 0.2) is 18.2 Å². The van der Waals surface area contributed by atoms with E-state index >= 15 is 0 Å². The van der Waals surface area contributed by atoms with Crippen molar-refractivity contribution in [3.05, 3.63) is 34.6 Å². The van der Waals surface area contributed by atoms with Gasteiger partial charge in [-0.2, -0.15) is 9.97 Å². The number of aromatic nitrogens is 3. The van der Waals surface area contributed by atoms with E-state index in [1.165, 1.54) is 7.11 Å². The van der Waals surface area contributed by atoms with E-state index in [9.17, 15) is 0 Å². The van der Waals surface area contributed by atoms with Gasteiger partial charge >= 0.3 is 12.0 Å². The molecule has 0 saturated carbocycles. The van der Waals surface area contributed by atoms with Crippen LogP contribution in [0.2, 0.25) is 5.28 Å². The fourth-order valence-electron chi connectivity index (χ4n) is 1.38. The van der Waals surface area contributed by atoms with Crippen LogP contribution in [-0.2, 0) is 0 Å². The minimum Gasteiger partial charge on any atom is -0.467 e. The predicted octanol–water partition coefficient (Wildman–Crippen LogP) is 2.94. The minimum absolute atomic E-state index is 0.0298. The Morgan fingerprint density at radius 3 is 2.50 bits per heavy atom. The highest BCUT2D eigenvalue weighted by Gasteiger charge is 2.09. The molecule has 0 aliphatic heterocycles. The lowest BCUT2D eigenvalue weighted by molar-refractivity contribution is 0.358. The molecule has 0 saturated heterocycles. The van der Waals surface area contributed by atoms with Gasteiger partial charge in [-0.05, 0) is 42.6 Å². The van der Waals surface area contributed by atoms with Crippen LogP contribution in [0.25, 0.3) is 0 Å². The largest absolute Gasteiger partial charge is 0.467 e. The molecule has 1 aromatic heterocycles. The van der Waals surface area contributed by atoms with Gasteiger partial charge in [0.15, 0.2) is 0 Å². The summed E-state index contributed by atoms with van der Waals surface area (Å²) in [5.74, 6) is 0.680. The molecule has 18 heavy (non-hydrogen) atoms. The Hall–Kier alpha value is -1.88. The van der Waals surface area contributed by atoms with E-state index in [1.54, 1.807) is 0 Å². The molecule has 1 heterocycles. The van der Waals surface area contributed by atoms with Crippen molar-refractivity contribution in [1.29, 1.82) is 0 Å². The molecule has 0 N–H and O–H groups in total. The van der Waals surface area contributed by atoms with Crippen LogP contribution in [-0.4, -0.2) is 22.1 Å². The Morgan fingerprint density at radius 1 is 1.06 bits per heavy atom. The van der Waals surface area contributed by atoms with Crippen LogP contribution in [0.5, 0.6) is 17.8 Å². The average Bonchev–Trinajstić information content (AvgIpc) is 2.34. The van der Waals surface area contributed by atoms with Gasteiger partial charge in [-0.3, -0.25) is 0 Å². The number of hydrogen-bond donors (Lipinski definition) is 0. The summed E-state index contributed by atoms with van der Waals surface area (Å²) < 4.78 is 10.5. The Morgan fingerprint density at radius 2 is 1.78 bits per heavy atom. The van der Waals surface area contributed by atoms with E-state index in [-0.39, 0.29) is 17.3 Å². The lowest BCUT2D eigenvalue weighted by atomic mass is 10.1. The zero-order valence-corrected chi connectivity index (χ0v) is 11.0. The molecule has 6 heteroatoms. The Labute approximate surface area is 110 Å². The molecule has 0 unspecified atom stereocenters. The molecular formula is C12H12ClN3O2.